The fourth-order valence-electron chi connectivity index (χ4n) is 1.53. The fourth-order valence-corrected chi connectivity index (χ4v) is 1.53. The number of nitrogens with zero attached hydrogens (tertiary/aromatic N) is 1. The molecule has 1 fully saturated rings. The molecule has 1 heterocycles. The molecule has 1 atom stereocenters. The first-order valence-corrected chi connectivity index (χ1v) is 5.23. The first-order valence-electron chi connectivity index (χ1n) is 5.23. The van der Waals surface area contributed by atoms with E-state index >= 15 is 0 Å². The van der Waals surface area contributed by atoms with Crippen molar-refractivity contribution in [3.8, 4) is 0 Å². The lowest BCUT2D eigenvalue weighted by molar-refractivity contribution is -0.140. The molecule has 15 heavy (non-hydrogen) atoms. The van der Waals surface area contributed by atoms with Gasteiger partial charge in [0, 0.05) is 25.7 Å². The summed E-state index contributed by atoms with van der Waals surface area (Å²) in [4.78, 5) is 13.6. The highest BCUT2D eigenvalue weighted by atomic mass is 35.5. The molecule has 0 unspecified atom stereocenters. The minimum atomic E-state index is 0. The van der Waals surface area contributed by atoms with E-state index in [0.717, 1.165) is 19.6 Å². The van der Waals surface area contributed by atoms with Gasteiger partial charge in [-0.3, -0.25) is 4.79 Å². The molecule has 1 aliphatic rings. The molecule has 90 valence electrons. The van der Waals surface area contributed by atoms with Gasteiger partial charge in [0.2, 0.25) is 5.91 Å². The van der Waals surface area contributed by atoms with Crippen LogP contribution in [0.2, 0.25) is 0 Å². The SMILES string of the molecule is CC(C)OCC(=O)N1CCNC[C@H]1C.Cl. The second kappa shape index (κ2) is 7.04. The van der Waals surface area contributed by atoms with E-state index in [0.29, 0.717) is 0 Å². The molecule has 1 aliphatic heterocycles. The maximum Gasteiger partial charge on any atom is 0.248 e. The zero-order valence-corrected chi connectivity index (χ0v) is 10.5. The first kappa shape index (κ1) is 14.7. The Morgan fingerprint density at radius 3 is 2.80 bits per heavy atom. The topological polar surface area (TPSA) is 41.6 Å². The van der Waals surface area contributed by atoms with Gasteiger partial charge in [0.05, 0.1) is 6.10 Å². The lowest BCUT2D eigenvalue weighted by Gasteiger charge is -2.34. The third-order valence-electron chi connectivity index (χ3n) is 2.36. The molecule has 1 N–H and O–H groups in total. The van der Waals surface area contributed by atoms with Gasteiger partial charge in [0.1, 0.15) is 6.61 Å². The molecule has 0 aromatic rings. The molecule has 1 amide bonds. The van der Waals surface area contributed by atoms with Gasteiger partial charge in [-0.15, -0.1) is 12.4 Å². The average molecular weight is 237 g/mol. The summed E-state index contributed by atoms with van der Waals surface area (Å²) in [7, 11) is 0. The van der Waals surface area contributed by atoms with Crippen molar-refractivity contribution in [2.45, 2.75) is 32.9 Å². The van der Waals surface area contributed by atoms with E-state index in [1.165, 1.54) is 0 Å². The van der Waals surface area contributed by atoms with E-state index in [2.05, 4.69) is 12.2 Å². The van der Waals surface area contributed by atoms with Crippen LogP contribution in [0.3, 0.4) is 0 Å². The lowest BCUT2D eigenvalue weighted by Crippen LogP contribution is -2.53. The van der Waals surface area contributed by atoms with Crippen LogP contribution in [-0.2, 0) is 9.53 Å². The Morgan fingerprint density at radius 1 is 1.60 bits per heavy atom. The standard InChI is InChI=1S/C10H20N2O2.ClH/c1-8(2)14-7-10(13)12-5-4-11-6-9(12)3;/h8-9,11H,4-7H2,1-3H3;1H/t9-;/m1./s1. The number of nitrogens with one attached hydrogen (secondary N) is 1. The normalized spacial score (nSPS) is 21.3. The third-order valence-corrected chi connectivity index (χ3v) is 2.36. The van der Waals surface area contributed by atoms with Crippen LogP contribution in [0.15, 0.2) is 0 Å². The molecule has 0 saturated carbocycles. The van der Waals surface area contributed by atoms with Gasteiger partial charge < -0.3 is 15.0 Å². The van der Waals surface area contributed by atoms with Gasteiger partial charge in [0.25, 0.3) is 0 Å². The maximum absolute atomic E-state index is 11.7. The minimum absolute atomic E-state index is 0. The highest BCUT2D eigenvalue weighted by Gasteiger charge is 2.22. The summed E-state index contributed by atoms with van der Waals surface area (Å²) in [5.74, 6) is 0.104. The third kappa shape index (κ3) is 4.82. The van der Waals surface area contributed by atoms with Gasteiger partial charge in [-0.25, -0.2) is 0 Å². The number of rotatable bonds is 3. The lowest BCUT2D eigenvalue weighted by atomic mass is 10.2. The smallest absolute Gasteiger partial charge is 0.248 e. The number of halogens is 1. The van der Waals surface area contributed by atoms with Gasteiger partial charge in [-0.2, -0.15) is 0 Å². The summed E-state index contributed by atoms with van der Waals surface area (Å²) < 4.78 is 5.29. The quantitative estimate of drug-likeness (QED) is 0.783. The van der Waals surface area contributed by atoms with Crippen LogP contribution < -0.4 is 5.32 Å². The van der Waals surface area contributed by atoms with Crippen LogP contribution in [0.4, 0.5) is 0 Å². The summed E-state index contributed by atoms with van der Waals surface area (Å²) in [6.07, 6.45) is 0.122. The number of hydrogen-bond acceptors (Lipinski definition) is 3. The molecule has 0 aliphatic carbocycles. The van der Waals surface area contributed by atoms with Crippen molar-refractivity contribution in [3.63, 3.8) is 0 Å². The van der Waals surface area contributed by atoms with E-state index in [1.807, 2.05) is 18.7 Å². The van der Waals surface area contributed by atoms with Crippen LogP contribution in [0, 0.1) is 0 Å². The van der Waals surface area contributed by atoms with E-state index in [-0.39, 0.29) is 37.1 Å². The van der Waals surface area contributed by atoms with Crippen LogP contribution in [0.25, 0.3) is 0 Å². The Kier molecular flexibility index (Phi) is 6.89. The van der Waals surface area contributed by atoms with Crippen molar-refractivity contribution in [3.05, 3.63) is 0 Å². The van der Waals surface area contributed by atoms with E-state index in [1.54, 1.807) is 0 Å². The molecule has 0 aromatic carbocycles. The van der Waals surface area contributed by atoms with Crippen molar-refractivity contribution in [2.24, 2.45) is 0 Å². The number of carbonyl (C=O) groups excluding carboxylic acids is 1. The highest BCUT2D eigenvalue weighted by molar-refractivity contribution is 5.85. The highest BCUT2D eigenvalue weighted by Crippen LogP contribution is 2.03. The minimum Gasteiger partial charge on any atom is -0.369 e. The van der Waals surface area contributed by atoms with E-state index in [4.69, 9.17) is 4.74 Å². The van der Waals surface area contributed by atoms with Crippen LogP contribution in [-0.4, -0.2) is 49.2 Å². The Hall–Kier alpha value is -0.320. The zero-order valence-electron chi connectivity index (χ0n) is 9.66. The number of ether oxygens (including phenoxy) is 1. The molecule has 1 saturated heterocycles. The number of carbonyl (C=O) groups is 1. The van der Waals surface area contributed by atoms with Gasteiger partial charge in [0.15, 0.2) is 0 Å². The van der Waals surface area contributed by atoms with Crippen LogP contribution in [0.5, 0.6) is 0 Å². The monoisotopic (exact) mass is 236 g/mol. The van der Waals surface area contributed by atoms with Crippen molar-refractivity contribution >= 4 is 18.3 Å². The summed E-state index contributed by atoms with van der Waals surface area (Å²) in [5, 5.41) is 3.25. The molecule has 0 bridgehead atoms. The molecule has 4 nitrogen and oxygen atoms in total. The molecule has 5 heteroatoms. The van der Waals surface area contributed by atoms with Gasteiger partial charge in [-0.05, 0) is 20.8 Å². The first-order chi connectivity index (χ1) is 6.61. The summed E-state index contributed by atoms with van der Waals surface area (Å²) in [5.41, 5.74) is 0. The summed E-state index contributed by atoms with van der Waals surface area (Å²) >= 11 is 0. The van der Waals surface area contributed by atoms with Crippen molar-refractivity contribution in [1.82, 2.24) is 10.2 Å². The molecular formula is C10H21ClN2O2. The maximum atomic E-state index is 11.7. The second-order valence-corrected chi connectivity index (χ2v) is 4.00. The summed E-state index contributed by atoms with van der Waals surface area (Å²) in [6.45, 7) is 8.71. The second-order valence-electron chi connectivity index (χ2n) is 4.00. The number of piperazine rings is 1. The molecule has 1 rings (SSSR count). The van der Waals surface area contributed by atoms with Crippen molar-refractivity contribution in [2.75, 3.05) is 26.2 Å². The average Bonchev–Trinajstić information content (AvgIpc) is 2.15. The zero-order chi connectivity index (χ0) is 10.6. The van der Waals surface area contributed by atoms with Crippen LogP contribution in [0.1, 0.15) is 20.8 Å². The summed E-state index contributed by atoms with van der Waals surface area (Å²) in [6, 6.07) is 0.284. The Balaban J connectivity index is 0.00000196. The van der Waals surface area contributed by atoms with Crippen molar-refractivity contribution in [1.29, 1.82) is 0 Å². The van der Waals surface area contributed by atoms with E-state index < -0.39 is 0 Å². The Morgan fingerprint density at radius 2 is 2.27 bits per heavy atom. The predicted molar refractivity (Wildman–Crippen MR) is 62.4 cm³/mol. The molecule has 0 aromatic heterocycles. The fraction of sp³-hybridized carbons (Fsp3) is 0.900. The van der Waals surface area contributed by atoms with E-state index in [9.17, 15) is 4.79 Å². The van der Waals surface area contributed by atoms with Crippen LogP contribution >= 0.6 is 12.4 Å². The predicted octanol–water partition coefficient (Wildman–Crippen LogP) is 0.654. The molecule has 0 radical (unpaired) electrons. The van der Waals surface area contributed by atoms with Gasteiger partial charge in [-0.1, -0.05) is 0 Å². The largest absolute Gasteiger partial charge is 0.369 e. The molecule has 0 spiro atoms. The Bertz CT molecular complexity index is 200. The number of hydrogen-bond donors (Lipinski definition) is 1. The Labute approximate surface area is 97.8 Å². The van der Waals surface area contributed by atoms with Crippen molar-refractivity contribution < 1.29 is 9.53 Å². The van der Waals surface area contributed by atoms with Gasteiger partial charge >= 0.3 is 0 Å². The number of amides is 1. The molecular weight excluding hydrogens is 216 g/mol.